The number of carbonyl (C=O) groups is 2. The minimum absolute atomic E-state index is 0.234. The Kier molecular flexibility index (Phi) is 11.6. The zero-order chi connectivity index (χ0) is 28.3. The SMILES string of the molecule is CCOC(=O)C(Cc1ccc(NCCCc2ccc(N(C(=O)OC(C)(C)C)S(C)(=O)=O)cc2)cc1)OCC. The van der Waals surface area contributed by atoms with Gasteiger partial charge < -0.3 is 19.5 Å². The van der Waals surface area contributed by atoms with Crippen LogP contribution >= 0.6 is 0 Å². The minimum atomic E-state index is -3.86. The van der Waals surface area contributed by atoms with Gasteiger partial charge in [-0.2, -0.15) is 4.31 Å². The standard InChI is InChI=1S/C28H40N2O7S/c1-7-35-25(26(31)36-8-2)20-22-11-15-23(16-12-22)29-19-9-10-21-13-17-24(18-14-21)30(38(6,33)34)27(32)37-28(3,4)5/h11-18,25,29H,7-10,19-20H2,1-6H3. The maximum absolute atomic E-state index is 12.5. The molecule has 0 fully saturated rings. The van der Waals surface area contributed by atoms with Gasteiger partial charge in [-0.05, 0) is 82.9 Å². The molecule has 0 aromatic heterocycles. The van der Waals surface area contributed by atoms with Crippen molar-refractivity contribution in [3.05, 3.63) is 59.7 Å². The number of sulfonamides is 1. The Balaban J connectivity index is 1.89. The molecule has 0 aliphatic heterocycles. The van der Waals surface area contributed by atoms with Crippen molar-refractivity contribution in [2.75, 3.05) is 35.6 Å². The number of hydrogen-bond donors (Lipinski definition) is 1. The molecule has 0 saturated heterocycles. The van der Waals surface area contributed by atoms with Crippen LogP contribution in [0.3, 0.4) is 0 Å². The van der Waals surface area contributed by atoms with E-state index in [4.69, 9.17) is 14.2 Å². The van der Waals surface area contributed by atoms with Crippen LogP contribution in [0, 0.1) is 0 Å². The van der Waals surface area contributed by atoms with E-state index in [0.29, 0.717) is 23.9 Å². The first-order valence-electron chi connectivity index (χ1n) is 12.8. The van der Waals surface area contributed by atoms with E-state index in [-0.39, 0.29) is 11.7 Å². The topological polar surface area (TPSA) is 111 Å². The predicted molar refractivity (Wildman–Crippen MR) is 149 cm³/mol. The second-order valence-electron chi connectivity index (χ2n) is 9.80. The summed E-state index contributed by atoms with van der Waals surface area (Å²) in [5.74, 6) is -0.349. The van der Waals surface area contributed by atoms with Crippen molar-refractivity contribution in [3.8, 4) is 0 Å². The molecule has 1 atom stereocenters. The van der Waals surface area contributed by atoms with Gasteiger partial charge in [0.05, 0.1) is 18.6 Å². The Morgan fingerprint density at radius 2 is 1.55 bits per heavy atom. The van der Waals surface area contributed by atoms with Gasteiger partial charge in [0.1, 0.15) is 5.60 Å². The lowest BCUT2D eigenvalue weighted by molar-refractivity contribution is -0.156. The first-order chi connectivity index (χ1) is 17.8. The van der Waals surface area contributed by atoms with Crippen LogP contribution in [0.1, 0.15) is 52.2 Å². The predicted octanol–water partition coefficient (Wildman–Crippen LogP) is 4.94. The summed E-state index contributed by atoms with van der Waals surface area (Å²) >= 11 is 0. The van der Waals surface area contributed by atoms with Crippen LogP contribution in [0.5, 0.6) is 0 Å². The minimum Gasteiger partial charge on any atom is -0.464 e. The fraction of sp³-hybridized carbons (Fsp3) is 0.500. The lowest BCUT2D eigenvalue weighted by atomic mass is 10.1. The number of anilines is 2. The summed E-state index contributed by atoms with van der Waals surface area (Å²) in [5.41, 5.74) is 2.38. The first-order valence-corrected chi connectivity index (χ1v) is 14.6. The van der Waals surface area contributed by atoms with Crippen LogP contribution in [0.15, 0.2) is 48.5 Å². The number of carbonyl (C=O) groups excluding carboxylic acids is 2. The van der Waals surface area contributed by atoms with Gasteiger partial charge in [-0.1, -0.05) is 24.3 Å². The van der Waals surface area contributed by atoms with Gasteiger partial charge in [0, 0.05) is 25.3 Å². The van der Waals surface area contributed by atoms with Crippen LogP contribution < -0.4 is 9.62 Å². The molecule has 0 aliphatic rings. The van der Waals surface area contributed by atoms with E-state index >= 15 is 0 Å². The quantitative estimate of drug-likeness (QED) is 0.277. The van der Waals surface area contributed by atoms with E-state index in [9.17, 15) is 18.0 Å². The molecule has 10 heteroatoms. The molecular weight excluding hydrogens is 508 g/mol. The Labute approximate surface area is 226 Å². The molecule has 2 aromatic rings. The molecule has 0 spiro atoms. The monoisotopic (exact) mass is 548 g/mol. The van der Waals surface area contributed by atoms with Crippen molar-refractivity contribution >= 4 is 33.5 Å². The molecule has 2 aromatic carbocycles. The second-order valence-corrected chi connectivity index (χ2v) is 11.6. The highest BCUT2D eigenvalue weighted by Crippen LogP contribution is 2.22. The summed E-state index contributed by atoms with van der Waals surface area (Å²) in [6.07, 6.45) is 1.50. The Hall–Kier alpha value is -3.11. The van der Waals surface area contributed by atoms with Gasteiger partial charge in [-0.3, -0.25) is 0 Å². The Morgan fingerprint density at radius 1 is 0.947 bits per heavy atom. The number of rotatable bonds is 13. The molecular formula is C28H40N2O7S. The molecule has 0 radical (unpaired) electrons. The maximum Gasteiger partial charge on any atom is 0.428 e. The van der Waals surface area contributed by atoms with Crippen molar-refractivity contribution in [1.82, 2.24) is 0 Å². The third-order valence-electron chi connectivity index (χ3n) is 5.33. The zero-order valence-electron chi connectivity index (χ0n) is 23.2. The van der Waals surface area contributed by atoms with Crippen LogP contribution in [0.4, 0.5) is 16.2 Å². The van der Waals surface area contributed by atoms with E-state index in [0.717, 1.165) is 42.5 Å². The number of benzene rings is 2. The zero-order valence-corrected chi connectivity index (χ0v) is 24.0. The van der Waals surface area contributed by atoms with Gasteiger partial charge in [0.25, 0.3) is 0 Å². The molecule has 2 rings (SSSR count). The average Bonchev–Trinajstić information content (AvgIpc) is 2.81. The van der Waals surface area contributed by atoms with E-state index in [1.54, 1.807) is 39.8 Å². The number of ether oxygens (including phenoxy) is 3. The van der Waals surface area contributed by atoms with Crippen molar-refractivity contribution in [2.45, 2.75) is 65.6 Å². The maximum atomic E-state index is 12.5. The van der Waals surface area contributed by atoms with Gasteiger partial charge in [-0.25, -0.2) is 18.0 Å². The lowest BCUT2D eigenvalue weighted by Crippen LogP contribution is -2.40. The van der Waals surface area contributed by atoms with E-state index in [1.165, 1.54) is 0 Å². The molecule has 210 valence electrons. The fourth-order valence-corrected chi connectivity index (χ4v) is 4.49. The average molecular weight is 549 g/mol. The molecule has 9 nitrogen and oxygen atoms in total. The van der Waals surface area contributed by atoms with Crippen LogP contribution in [-0.4, -0.2) is 58.2 Å². The molecule has 1 amide bonds. The number of nitrogens with zero attached hydrogens (tertiary/aromatic N) is 1. The summed E-state index contributed by atoms with van der Waals surface area (Å²) < 4.78 is 41.0. The van der Waals surface area contributed by atoms with E-state index in [2.05, 4.69) is 5.32 Å². The van der Waals surface area contributed by atoms with Gasteiger partial charge in [-0.15, -0.1) is 0 Å². The first kappa shape index (κ1) is 31.1. The number of aryl methyl sites for hydroxylation is 1. The number of hydrogen-bond acceptors (Lipinski definition) is 8. The molecule has 1 unspecified atom stereocenters. The van der Waals surface area contributed by atoms with Gasteiger partial charge in [0.15, 0.2) is 6.10 Å². The number of nitrogens with one attached hydrogen (secondary N) is 1. The summed E-state index contributed by atoms with van der Waals surface area (Å²) in [6, 6.07) is 14.7. The van der Waals surface area contributed by atoms with E-state index in [1.807, 2.05) is 43.3 Å². The highest BCUT2D eigenvalue weighted by Gasteiger charge is 2.30. The summed E-state index contributed by atoms with van der Waals surface area (Å²) in [6.45, 7) is 10.2. The highest BCUT2D eigenvalue weighted by atomic mass is 32.2. The fourth-order valence-electron chi connectivity index (χ4n) is 3.68. The van der Waals surface area contributed by atoms with E-state index < -0.39 is 27.8 Å². The Morgan fingerprint density at radius 3 is 2.08 bits per heavy atom. The van der Waals surface area contributed by atoms with Crippen molar-refractivity contribution < 1.29 is 32.2 Å². The van der Waals surface area contributed by atoms with Crippen molar-refractivity contribution in [2.24, 2.45) is 0 Å². The molecule has 1 N–H and O–H groups in total. The molecule has 0 aliphatic carbocycles. The van der Waals surface area contributed by atoms with Crippen molar-refractivity contribution in [3.63, 3.8) is 0 Å². The van der Waals surface area contributed by atoms with Crippen LogP contribution in [0.25, 0.3) is 0 Å². The van der Waals surface area contributed by atoms with Crippen LogP contribution in [0.2, 0.25) is 0 Å². The molecule has 0 saturated carbocycles. The second kappa shape index (κ2) is 14.2. The third kappa shape index (κ3) is 10.3. The molecule has 0 heterocycles. The van der Waals surface area contributed by atoms with Gasteiger partial charge in [0.2, 0.25) is 10.0 Å². The van der Waals surface area contributed by atoms with Crippen molar-refractivity contribution in [1.29, 1.82) is 0 Å². The largest absolute Gasteiger partial charge is 0.464 e. The molecule has 38 heavy (non-hydrogen) atoms. The third-order valence-corrected chi connectivity index (χ3v) is 6.35. The summed E-state index contributed by atoms with van der Waals surface area (Å²) in [5, 5.41) is 3.38. The highest BCUT2D eigenvalue weighted by molar-refractivity contribution is 7.92. The smallest absolute Gasteiger partial charge is 0.428 e. The number of amides is 1. The lowest BCUT2D eigenvalue weighted by Gasteiger charge is -2.26. The molecule has 0 bridgehead atoms. The van der Waals surface area contributed by atoms with Crippen LogP contribution in [-0.2, 0) is 41.9 Å². The summed E-state index contributed by atoms with van der Waals surface area (Å²) in [4.78, 5) is 24.5. The Bertz CT molecular complexity index is 1140. The number of esters is 1. The normalized spacial score (nSPS) is 12.5. The summed E-state index contributed by atoms with van der Waals surface area (Å²) in [7, 11) is -3.86. The van der Waals surface area contributed by atoms with Gasteiger partial charge >= 0.3 is 12.1 Å².